The number of sulfonamides is 1. The van der Waals surface area contributed by atoms with Crippen LogP contribution in [0.1, 0.15) is 26.2 Å². The lowest BCUT2D eigenvalue weighted by atomic mass is 10.1. The van der Waals surface area contributed by atoms with Crippen LogP contribution in [0.5, 0.6) is 0 Å². The second-order valence-corrected chi connectivity index (χ2v) is 6.88. The van der Waals surface area contributed by atoms with Crippen molar-refractivity contribution < 1.29 is 8.42 Å². The smallest absolute Gasteiger partial charge is 0.240 e. The highest BCUT2D eigenvalue weighted by molar-refractivity contribution is 7.89. The molecule has 5 heteroatoms. The predicted molar refractivity (Wildman–Crippen MR) is 73.1 cm³/mol. The van der Waals surface area contributed by atoms with Crippen molar-refractivity contribution in [2.45, 2.75) is 37.1 Å². The molecule has 1 saturated carbocycles. The van der Waals surface area contributed by atoms with E-state index in [1.807, 2.05) is 12.1 Å². The Morgan fingerprint density at radius 2 is 1.83 bits per heavy atom. The van der Waals surface area contributed by atoms with Gasteiger partial charge in [0.2, 0.25) is 10.0 Å². The van der Waals surface area contributed by atoms with Gasteiger partial charge < -0.3 is 5.32 Å². The third-order valence-corrected chi connectivity index (χ3v) is 4.93. The van der Waals surface area contributed by atoms with Crippen molar-refractivity contribution in [1.82, 2.24) is 4.72 Å². The minimum atomic E-state index is -3.33. The van der Waals surface area contributed by atoms with Crippen molar-refractivity contribution in [2.24, 2.45) is 5.92 Å². The molecule has 1 aromatic rings. The molecule has 2 unspecified atom stereocenters. The van der Waals surface area contributed by atoms with Gasteiger partial charge in [0, 0.05) is 11.7 Å². The summed E-state index contributed by atoms with van der Waals surface area (Å²) < 4.78 is 25.4. The minimum absolute atomic E-state index is 0.301. The number of benzene rings is 1. The molecule has 4 nitrogen and oxygen atoms in total. The van der Waals surface area contributed by atoms with Crippen molar-refractivity contribution in [2.75, 3.05) is 12.4 Å². The molecule has 0 aromatic heterocycles. The van der Waals surface area contributed by atoms with Crippen molar-refractivity contribution in [3.8, 4) is 0 Å². The van der Waals surface area contributed by atoms with Crippen LogP contribution in [0, 0.1) is 5.92 Å². The summed E-state index contributed by atoms with van der Waals surface area (Å²) in [7, 11) is -1.91. The molecule has 0 saturated heterocycles. The van der Waals surface area contributed by atoms with Gasteiger partial charge in [0.05, 0.1) is 4.90 Å². The Bertz CT molecular complexity index is 496. The predicted octanol–water partition coefficient (Wildman–Crippen LogP) is 2.20. The van der Waals surface area contributed by atoms with Gasteiger partial charge in [0.15, 0.2) is 0 Å². The van der Waals surface area contributed by atoms with Crippen molar-refractivity contribution >= 4 is 15.7 Å². The number of rotatable bonds is 4. The second kappa shape index (κ2) is 5.28. The van der Waals surface area contributed by atoms with Crippen LogP contribution < -0.4 is 10.0 Å². The number of nitrogens with one attached hydrogen (secondary N) is 2. The van der Waals surface area contributed by atoms with Gasteiger partial charge in [-0.25, -0.2) is 13.1 Å². The highest BCUT2D eigenvalue weighted by Gasteiger charge is 2.21. The van der Waals surface area contributed by atoms with Gasteiger partial charge in [-0.3, -0.25) is 0 Å². The van der Waals surface area contributed by atoms with Crippen LogP contribution in [-0.2, 0) is 10.0 Å². The summed E-state index contributed by atoms with van der Waals surface area (Å²) in [5.41, 5.74) is 0.990. The van der Waals surface area contributed by atoms with Gasteiger partial charge in [-0.2, -0.15) is 0 Å². The van der Waals surface area contributed by atoms with Gasteiger partial charge in [-0.05, 0) is 56.5 Å². The Balaban J connectivity index is 2.04. The molecule has 0 amide bonds. The van der Waals surface area contributed by atoms with E-state index in [0.717, 1.165) is 11.6 Å². The summed E-state index contributed by atoms with van der Waals surface area (Å²) in [6.07, 6.45) is 3.65. The Morgan fingerprint density at radius 1 is 1.17 bits per heavy atom. The SMILES string of the molecule is CNS(=O)(=O)c1ccc(NC2CCC(C)C2)cc1. The number of anilines is 1. The van der Waals surface area contributed by atoms with E-state index in [-0.39, 0.29) is 0 Å². The fourth-order valence-electron chi connectivity index (χ4n) is 2.42. The van der Waals surface area contributed by atoms with Crippen LogP contribution in [0.25, 0.3) is 0 Å². The molecule has 2 rings (SSSR count). The Morgan fingerprint density at radius 3 is 2.33 bits per heavy atom. The minimum Gasteiger partial charge on any atom is -0.382 e. The monoisotopic (exact) mass is 268 g/mol. The zero-order valence-electron chi connectivity index (χ0n) is 10.8. The van der Waals surface area contributed by atoms with E-state index in [4.69, 9.17) is 0 Å². The quantitative estimate of drug-likeness (QED) is 0.880. The molecule has 1 fully saturated rings. The first-order valence-electron chi connectivity index (χ1n) is 6.31. The molecule has 100 valence electrons. The second-order valence-electron chi connectivity index (χ2n) is 4.99. The molecule has 1 aliphatic carbocycles. The molecule has 1 aliphatic rings. The van der Waals surface area contributed by atoms with E-state index < -0.39 is 10.0 Å². The Hall–Kier alpha value is -1.07. The molecule has 0 bridgehead atoms. The lowest BCUT2D eigenvalue weighted by molar-refractivity contribution is 0.588. The van der Waals surface area contributed by atoms with E-state index in [0.29, 0.717) is 10.9 Å². The largest absolute Gasteiger partial charge is 0.382 e. The van der Waals surface area contributed by atoms with Gasteiger partial charge >= 0.3 is 0 Å². The zero-order chi connectivity index (χ0) is 13.2. The van der Waals surface area contributed by atoms with Crippen LogP contribution in [0.3, 0.4) is 0 Å². The lowest BCUT2D eigenvalue weighted by Crippen LogP contribution is -2.19. The van der Waals surface area contributed by atoms with Crippen LogP contribution in [0.4, 0.5) is 5.69 Å². The summed E-state index contributed by atoms with van der Waals surface area (Å²) in [4.78, 5) is 0.301. The fourth-order valence-corrected chi connectivity index (χ4v) is 3.15. The first-order valence-corrected chi connectivity index (χ1v) is 7.80. The van der Waals surface area contributed by atoms with E-state index in [1.54, 1.807) is 12.1 Å². The van der Waals surface area contributed by atoms with E-state index in [1.165, 1.54) is 26.3 Å². The van der Waals surface area contributed by atoms with E-state index >= 15 is 0 Å². The summed E-state index contributed by atoms with van der Waals surface area (Å²) in [6, 6.07) is 7.44. The summed E-state index contributed by atoms with van der Waals surface area (Å²) in [6.45, 7) is 2.27. The van der Waals surface area contributed by atoms with Crippen molar-refractivity contribution in [3.05, 3.63) is 24.3 Å². The molecule has 2 N–H and O–H groups in total. The maximum Gasteiger partial charge on any atom is 0.240 e. The Kier molecular flexibility index (Phi) is 3.92. The maximum atomic E-state index is 11.6. The van der Waals surface area contributed by atoms with Crippen LogP contribution in [0.2, 0.25) is 0 Å². The molecule has 0 aliphatic heterocycles. The fraction of sp³-hybridized carbons (Fsp3) is 0.538. The van der Waals surface area contributed by atoms with Gasteiger partial charge in [-0.15, -0.1) is 0 Å². The highest BCUT2D eigenvalue weighted by atomic mass is 32.2. The van der Waals surface area contributed by atoms with Crippen LogP contribution in [0.15, 0.2) is 29.2 Å². The van der Waals surface area contributed by atoms with Crippen molar-refractivity contribution in [3.63, 3.8) is 0 Å². The average Bonchev–Trinajstić information content (AvgIpc) is 2.75. The maximum absolute atomic E-state index is 11.6. The molecule has 0 heterocycles. The normalized spacial score (nSPS) is 24.1. The first kappa shape index (κ1) is 13.4. The van der Waals surface area contributed by atoms with Crippen LogP contribution in [-0.4, -0.2) is 21.5 Å². The summed E-state index contributed by atoms with van der Waals surface area (Å²) in [5, 5.41) is 3.45. The third kappa shape index (κ3) is 3.03. The zero-order valence-corrected chi connectivity index (χ0v) is 11.6. The lowest BCUT2D eigenvalue weighted by Gasteiger charge is -2.14. The molecular weight excluding hydrogens is 248 g/mol. The van der Waals surface area contributed by atoms with Crippen molar-refractivity contribution in [1.29, 1.82) is 0 Å². The number of hydrogen-bond donors (Lipinski definition) is 2. The topological polar surface area (TPSA) is 58.2 Å². The van der Waals surface area contributed by atoms with Gasteiger partial charge in [-0.1, -0.05) is 6.92 Å². The summed E-state index contributed by atoms with van der Waals surface area (Å²) in [5.74, 6) is 0.784. The van der Waals surface area contributed by atoms with E-state index in [2.05, 4.69) is 17.0 Å². The molecular formula is C13H20N2O2S. The molecule has 2 atom stereocenters. The average molecular weight is 268 g/mol. The number of hydrogen-bond acceptors (Lipinski definition) is 3. The highest BCUT2D eigenvalue weighted by Crippen LogP contribution is 2.27. The molecule has 1 aromatic carbocycles. The molecule has 0 spiro atoms. The molecule has 18 heavy (non-hydrogen) atoms. The molecule has 0 radical (unpaired) electrons. The standard InChI is InChI=1S/C13H20N2O2S/c1-10-3-4-12(9-10)15-11-5-7-13(8-6-11)18(16,17)14-2/h5-8,10,12,14-15H,3-4,9H2,1-2H3. The third-order valence-electron chi connectivity index (χ3n) is 3.50. The first-order chi connectivity index (χ1) is 8.51. The van der Waals surface area contributed by atoms with Gasteiger partial charge in [0.1, 0.15) is 0 Å². The van der Waals surface area contributed by atoms with E-state index in [9.17, 15) is 8.42 Å². The van der Waals surface area contributed by atoms with Crippen LogP contribution >= 0.6 is 0 Å². The Labute approximate surface area is 109 Å². The van der Waals surface area contributed by atoms with Gasteiger partial charge in [0.25, 0.3) is 0 Å². The summed E-state index contributed by atoms with van der Waals surface area (Å²) >= 11 is 0.